The maximum Gasteiger partial charge on any atom is 0.335 e. The number of nitrogens with two attached hydrogens (primary N) is 1. The van der Waals surface area contributed by atoms with Gasteiger partial charge >= 0.3 is 5.97 Å². The van der Waals surface area contributed by atoms with E-state index in [-0.39, 0.29) is 5.56 Å². The quantitative estimate of drug-likeness (QED) is 0.772. The Labute approximate surface area is 126 Å². The summed E-state index contributed by atoms with van der Waals surface area (Å²) >= 11 is 6.70. The molecule has 0 unspecified atom stereocenters. The monoisotopic (exact) mass is 385 g/mol. The number of hydrogen-bond donors (Lipinski definition) is 2. The Morgan fingerprint density at radius 1 is 1.11 bits per heavy atom. The molecule has 0 saturated carbocycles. The maximum atomic E-state index is 10.9. The van der Waals surface area contributed by atoms with Gasteiger partial charge in [-0.15, -0.1) is 0 Å². The van der Waals surface area contributed by atoms with Crippen LogP contribution in [0.4, 0.5) is 5.69 Å². The molecular weight excluding hydrogens is 378 g/mol. The number of aromatic carboxylic acids is 1. The molecule has 0 amide bonds. The van der Waals surface area contributed by atoms with Crippen molar-refractivity contribution in [3.8, 4) is 11.5 Å². The van der Waals surface area contributed by atoms with E-state index in [1.807, 2.05) is 12.1 Å². The van der Waals surface area contributed by atoms with Crippen molar-refractivity contribution in [2.24, 2.45) is 0 Å². The fourth-order valence-corrected chi connectivity index (χ4v) is 2.56. The fourth-order valence-electron chi connectivity index (χ4n) is 1.43. The number of carbonyl (C=O) groups is 1. The number of carboxylic acid groups (broad SMARTS) is 1. The van der Waals surface area contributed by atoms with E-state index in [1.54, 1.807) is 6.07 Å². The van der Waals surface area contributed by atoms with Gasteiger partial charge in [0, 0.05) is 4.47 Å². The third-order valence-corrected chi connectivity index (χ3v) is 3.49. The van der Waals surface area contributed by atoms with E-state index >= 15 is 0 Å². The number of anilines is 1. The van der Waals surface area contributed by atoms with Gasteiger partial charge in [0.2, 0.25) is 0 Å². The molecular formula is C13H9Br2NO3. The zero-order valence-corrected chi connectivity index (χ0v) is 12.7. The summed E-state index contributed by atoms with van der Waals surface area (Å²) in [5.41, 5.74) is 6.27. The first-order valence-corrected chi connectivity index (χ1v) is 6.81. The summed E-state index contributed by atoms with van der Waals surface area (Å²) in [6.07, 6.45) is 0. The molecule has 2 rings (SSSR count). The third kappa shape index (κ3) is 3.27. The van der Waals surface area contributed by atoms with Crippen molar-refractivity contribution >= 4 is 43.5 Å². The van der Waals surface area contributed by atoms with Crippen LogP contribution in [0.3, 0.4) is 0 Å². The molecule has 6 heteroatoms. The van der Waals surface area contributed by atoms with Crippen LogP contribution < -0.4 is 10.5 Å². The Morgan fingerprint density at radius 3 is 2.47 bits per heavy atom. The van der Waals surface area contributed by atoms with E-state index in [9.17, 15) is 4.79 Å². The molecule has 98 valence electrons. The molecule has 0 aliphatic carbocycles. The molecule has 4 nitrogen and oxygen atoms in total. The van der Waals surface area contributed by atoms with Crippen LogP contribution in [-0.2, 0) is 0 Å². The van der Waals surface area contributed by atoms with Crippen LogP contribution in [0.1, 0.15) is 10.4 Å². The lowest BCUT2D eigenvalue weighted by molar-refractivity contribution is 0.0696. The van der Waals surface area contributed by atoms with Gasteiger partial charge in [-0.3, -0.25) is 0 Å². The molecule has 0 bridgehead atoms. The lowest BCUT2D eigenvalue weighted by Gasteiger charge is -2.11. The van der Waals surface area contributed by atoms with E-state index in [0.29, 0.717) is 17.2 Å². The molecule has 0 aliphatic rings. The molecule has 0 fully saturated rings. The predicted molar refractivity (Wildman–Crippen MR) is 79.7 cm³/mol. The number of benzene rings is 2. The zero-order chi connectivity index (χ0) is 14.0. The van der Waals surface area contributed by atoms with Crippen molar-refractivity contribution in [3.05, 3.63) is 50.9 Å². The van der Waals surface area contributed by atoms with Crippen LogP contribution in [0.15, 0.2) is 45.3 Å². The Balaban J connectivity index is 2.37. The Kier molecular flexibility index (Phi) is 4.11. The highest BCUT2D eigenvalue weighted by Gasteiger charge is 2.10. The van der Waals surface area contributed by atoms with Crippen LogP contribution >= 0.6 is 31.9 Å². The molecule has 0 aromatic heterocycles. The summed E-state index contributed by atoms with van der Waals surface area (Å²) in [6, 6.07) is 9.73. The topological polar surface area (TPSA) is 72.6 Å². The number of nitrogen functional groups attached to an aromatic ring is 1. The number of rotatable bonds is 3. The first kappa shape index (κ1) is 13.9. The van der Waals surface area contributed by atoms with Crippen LogP contribution in [0.25, 0.3) is 0 Å². The SMILES string of the molecule is Nc1ccc(C(=O)O)cc1Oc1ccc(Br)cc1Br. The second kappa shape index (κ2) is 5.63. The molecule has 3 N–H and O–H groups in total. The number of ether oxygens (including phenoxy) is 1. The van der Waals surface area contributed by atoms with Crippen LogP contribution in [0.2, 0.25) is 0 Å². The van der Waals surface area contributed by atoms with Gasteiger partial charge in [-0.2, -0.15) is 0 Å². The number of carboxylic acids is 1. The van der Waals surface area contributed by atoms with Crippen LogP contribution in [-0.4, -0.2) is 11.1 Å². The van der Waals surface area contributed by atoms with Gasteiger partial charge in [-0.05, 0) is 52.3 Å². The molecule has 0 radical (unpaired) electrons. The van der Waals surface area contributed by atoms with Crippen molar-refractivity contribution < 1.29 is 14.6 Å². The lowest BCUT2D eigenvalue weighted by atomic mass is 10.2. The van der Waals surface area contributed by atoms with Crippen molar-refractivity contribution in [2.75, 3.05) is 5.73 Å². The molecule has 2 aromatic rings. The van der Waals surface area contributed by atoms with Crippen LogP contribution in [0, 0.1) is 0 Å². The van der Waals surface area contributed by atoms with E-state index in [2.05, 4.69) is 31.9 Å². The summed E-state index contributed by atoms with van der Waals surface area (Å²) in [6.45, 7) is 0. The van der Waals surface area contributed by atoms with Gasteiger partial charge in [0.1, 0.15) is 5.75 Å². The minimum absolute atomic E-state index is 0.123. The molecule has 0 spiro atoms. The van der Waals surface area contributed by atoms with E-state index in [1.165, 1.54) is 18.2 Å². The summed E-state index contributed by atoms with van der Waals surface area (Å²) in [7, 11) is 0. The maximum absolute atomic E-state index is 10.9. The second-order valence-corrected chi connectivity index (χ2v) is 5.50. The standard InChI is InChI=1S/C13H9Br2NO3/c14-8-2-4-11(9(15)6-8)19-12-5-7(13(17)18)1-3-10(12)16/h1-6H,16H2,(H,17,18). The molecule has 0 heterocycles. The Morgan fingerprint density at radius 2 is 1.84 bits per heavy atom. The van der Waals surface area contributed by atoms with Crippen molar-refractivity contribution in [1.29, 1.82) is 0 Å². The molecule has 2 aromatic carbocycles. The van der Waals surface area contributed by atoms with Gasteiger partial charge in [-0.25, -0.2) is 4.79 Å². The van der Waals surface area contributed by atoms with Crippen molar-refractivity contribution in [3.63, 3.8) is 0 Å². The van der Waals surface area contributed by atoms with E-state index in [0.717, 1.165) is 8.95 Å². The largest absolute Gasteiger partial charge is 0.478 e. The molecule has 0 saturated heterocycles. The molecule has 0 aliphatic heterocycles. The third-order valence-electron chi connectivity index (χ3n) is 2.37. The van der Waals surface area contributed by atoms with Crippen molar-refractivity contribution in [2.45, 2.75) is 0 Å². The van der Waals surface area contributed by atoms with Gasteiger partial charge < -0.3 is 15.6 Å². The highest BCUT2D eigenvalue weighted by atomic mass is 79.9. The first-order valence-electron chi connectivity index (χ1n) is 5.23. The smallest absolute Gasteiger partial charge is 0.335 e. The molecule has 0 atom stereocenters. The Hall–Kier alpha value is -1.53. The second-order valence-electron chi connectivity index (χ2n) is 3.73. The highest BCUT2D eigenvalue weighted by Crippen LogP contribution is 2.34. The zero-order valence-electron chi connectivity index (χ0n) is 9.56. The van der Waals surface area contributed by atoms with Gasteiger partial charge in [-0.1, -0.05) is 15.9 Å². The number of hydrogen-bond acceptors (Lipinski definition) is 3. The summed E-state index contributed by atoms with van der Waals surface area (Å²) in [5.74, 6) is -0.167. The lowest BCUT2D eigenvalue weighted by Crippen LogP contribution is -1.99. The number of halogens is 2. The first-order chi connectivity index (χ1) is 8.97. The highest BCUT2D eigenvalue weighted by molar-refractivity contribution is 9.11. The van der Waals surface area contributed by atoms with Gasteiger partial charge in [0.15, 0.2) is 5.75 Å². The molecule has 19 heavy (non-hydrogen) atoms. The Bertz CT molecular complexity index is 644. The predicted octanol–water partition coefficient (Wildman–Crippen LogP) is 4.28. The van der Waals surface area contributed by atoms with Crippen molar-refractivity contribution in [1.82, 2.24) is 0 Å². The minimum Gasteiger partial charge on any atom is -0.478 e. The van der Waals surface area contributed by atoms with Gasteiger partial charge in [0.25, 0.3) is 0 Å². The fraction of sp³-hybridized carbons (Fsp3) is 0. The van der Waals surface area contributed by atoms with E-state index < -0.39 is 5.97 Å². The average molecular weight is 387 g/mol. The summed E-state index contributed by atoms with van der Waals surface area (Å²) < 4.78 is 7.27. The average Bonchev–Trinajstić information content (AvgIpc) is 2.34. The van der Waals surface area contributed by atoms with Gasteiger partial charge in [0.05, 0.1) is 15.7 Å². The van der Waals surface area contributed by atoms with Crippen LogP contribution in [0.5, 0.6) is 11.5 Å². The van der Waals surface area contributed by atoms with E-state index in [4.69, 9.17) is 15.6 Å². The summed E-state index contributed by atoms with van der Waals surface area (Å²) in [5, 5.41) is 8.95. The minimum atomic E-state index is -1.03. The normalized spacial score (nSPS) is 10.2. The summed E-state index contributed by atoms with van der Waals surface area (Å²) in [4.78, 5) is 10.9.